The average molecular weight is 235 g/mol. The van der Waals surface area contributed by atoms with Crippen LogP contribution in [0.2, 0.25) is 0 Å². The molecule has 3 nitrogen and oxygen atoms in total. The third-order valence-corrected chi connectivity index (χ3v) is 3.56. The first-order valence-electron chi connectivity index (χ1n) is 6.55. The lowest BCUT2D eigenvalue weighted by atomic mass is 10.1. The fraction of sp³-hybridized carbons (Fsp3) is 0.643. The van der Waals surface area contributed by atoms with Crippen molar-refractivity contribution in [3.63, 3.8) is 0 Å². The standard InChI is InChI=1S/C14H21NO2/c1-3-17-14(16)13-11(2)8-9-15(13)10-12-6-4-5-7-12/h8-9,12H,3-7,10H2,1-2H3. The molecule has 0 amide bonds. The van der Waals surface area contributed by atoms with Crippen molar-refractivity contribution >= 4 is 5.97 Å². The minimum Gasteiger partial charge on any atom is -0.461 e. The van der Waals surface area contributed by atoms with Crippen LogP contribution < -0.4 is 0 Å². The zero-order chi connectivity index (χ0) is 12.3. The largest absolute Gasteiger partial charge is 0.461 e. The smallest absolute Gasteiger partial charge is 0.355 e. The van der Waals surface area contributed by atoms with E-state index in [2.05, 4.69) is 4.57 Å². The molecule has 1 saturated carbocycles. The van der Waals surface area contributed by atoms with Gasteiger partial charge in [0.05, 0.1) is 6.61 Å². The monoisotopic (exact) mass is 235 g/mol. The molecule has 1 aromatic heterocycles. The normalized spacial score (nSPS) is 16.4. The van der Waals surface area contributed by atoms with Crippen molar-refractivity contribution in [1.82, 2.24) is 4.57 Å². The van der Waals surface area contributed by atoms with Crippen molar-refractivity contribution in [2.75, 3.05) is 6.61 Å². The van der Waals surface area contributed by atoms with E-state index < -0.39 is 0 Å². The molecule has 1 aliphatic rings. The van der Waals surface area contributed by atoms with Crippen LogP contribution in [0.25, 0.3) is 0 Å². The van der Waals surface area contributed by atoms with Gasteiger partial charge in [0, 0.05) is 12.7 Å². The molecule has 3 heteroatoms. The Morgan fingerprint density at radius 3 is 2.82 bits per heavy atom. The second-order valence-corrected chi connectivity index (χ2v) is 4.87. The van der Waals surface area contributed by atoms with E-state index >= 15 is 0 Å². The molecule has 0 aliphatic heterocycles. The third kappa shape index (κ3) is 2.71. The van der Waals surface area contributed by atoms with E-state index in [1.807, 2.05) is 26.1 Å². The van der Waals surface area contributed by atoms with Crippen LogP contribution >= 0.6 is 0 Å². The zero-order valence-corrected chi connectivity index (χ0v) is 10.7. The molecule has 0 N–H and O–H groups in total. The first kappa shape index (κ1) is 12.2. The van der Waals surface area contributed by atoms with Crippen LogP contribution in [-0.2, 0) is 11.3 Å². The summed E-state index contributed by atoms with van der Waals surface area (Å²) in [6, 6.07) is 2.00. The second-order valence-electron chi connectivity index (χ2n) is 4.87. The predicted molar refractivity (Wildman–Crippen MR) is 67.1 cm³/mol. The van der Waals surface area contributed by atoms with Crippen LogP contribution in [0.15, 0.2) is 12.3 Å². The lowest BCUT2D eigenvalue weighted by Crippen LogP contribution is -2.16. The van der Waals surface area contributed by atoms with Crippen molar-refractivity contribution in [3.05, 3.63) is 23.5 Å². The van der Waals surface area contributed by atoms with Gasteiger partial charge in [-0.3, -0.25) is 0 Å². The summed E-state index contributed by atoms with van der Waals surface area (Å²) in [6.45, 7) is 5.21. The van der Waals surface area contributed by atoms with Crippen LogP contribution in [0.5, 0.6) is 0 Å². The highest BCUT2D eigenvalue weighted by atomic mass is 16.5. The van der Waals surface area contributed by atoms with E-state index in [0.29, 0.717) is 6.61 Å². The number of hydrogen-bond donors (Lipinski definition) is 0. The topological polar surface area (TPSA) is 31.2 Å². The number of carbonyl (C=O) groups is 1. The zero-order valence-electron chi connectivity index (χ0n) is 10.7. The van der Waals surface area contributed by atoms with Gasteiger partial charge in [-0.1, -0.05) is 12.8 Å². The maximum atomic E-state index is 11.9. The number of carbonyl (C=O) groups excluding carboxylic acids is 1. The Bertz CT molecular complexity index is 389. The Morgan fingerprint density at radius 1 is 1.47 bits per heavy atom. The van der Waals surface area contributed by atoms with E-state index in [4.69, 9.17) is 4.74 Å². The Balaban J connectivity index is 2.13. The Labute approximate surface area is 103 Å². The van der Waals surface area contributed by atoms with Gasteiger partial charge < -0.3 is 9.30 Å². The predicted octanol–water partition coefficient (Wildman–Crippen LogP) is 3.16. The van der Waals surface area contributed by atoms with Crippen LogP contribution in [0.4, 0.5) is 0 Å². The maximum Gasteiger partial charge on any atom is 0.355 e. The highest BCUT2D eigenvalue weighted by Crippen LogP contribution is 2.27. The van der Waals surface area contributed by atoms with Crippen molar-refractivity contribution in [3.8, 4) is 0 Å². The van der Waals surface area contributed by atoms with Gasteiger partial charge >= 0.3 is 5.97 Å². The second kappa shape index (κ2) is 5.39. The molecule has 0 unspecified atom stereocenters. The van der Waals surface area contributed by atoms with Crippen molar-refractivity contribution in [2.45, 2.75) is 46.1 Å². The molecule has 0 aromatic carbocycles. The van der Waals surface area contributed by atoms with Gasteiger partial charge in [0.25, 0.3) is 0 Å². The summed E-state index contributed by atoms with van der Waals surface area (Å²) in [6.07, 6.45) is 7.26. The molecule has 1 aromatic rings. The number of rotatable bonds is 4. The molecule has 0 atom stereocenters. The van der Waals surface area contributed by atoms with E-state index in [0.717, 1.165) is 23.7 Å². The first-order valence-corrected chi connectivity index (χ1v) is 6.55. The van der Waals surface area contributed by atoms with Gasteiger partial charge in [0.2, 0.25) is 0 Å². The Kier molecular flexibility index (Phi) is 3.87. The Morgan fingerprint density at radius 2 is 2.18 bits per heavy atom. The SMILES string of the molecule is CCOC(=O)c1c(C)ccn1CC1CCCC1. The summed E-state index contributed by atoms with van der Waals surface area (Å²) in [5, 5.41) is 0. The van der Waals surface area contributed by atoms with E-state index in [1.54, 1.807) is 0 Å². The fourth-order valence-corrected chi connectivity index (χ4v) is 2.68. The van der Waals surface area contributed by atoms with Crippen molar-refractivity contribution < 1.29 is 9.53 Å². The molecule has 0 radical (unpaired) electrons. The lowest BCUT2D eigenvalue weighted by molar-refractivity contribution is 0.0511. The first-order chi connectivity index (χ1) is 8.22. The van der Waals surface area contributed by atoms with Crippen LogP contribution in [0.1, 0.15) is 48.7 Å². The maximum absolute atomic E-state index is 11.9. The summed E-state index contributed by atoms with van der Waals surface area (Å²) in [5.74, 6) is 0.544. The molecule has 0 spiro atoms. The molecule has 1 fully saturated rings. The molecular formula is C14H21NO2. The molecule has 0 saturated heterocycles. The summed E-state index contributed by atoms with van der Waals surface area (Å²) >= 11 is 0. The summed E-state index contributed by atoms with van der Waals surface area (Å²) in [4.78, 5) is 11.9. The molecule has 17 heavy (non-hydrogen) atoms. The molecule has 94 valence electrons. The minimum absolute atomic E-state index is 0.187. The molecule has 1 aliphatic carbocycles. The van der Waals surface area contributed by atoms with E-state index in [-0.39, 0.29) is 5.97 Å². The number of ether oxygens (including phenoxy) is 1. The Hall–Kier alpha value is -1.25. The van der Waals surface area contributed by atoms with Gasteiger partial charge in [0.1, 0.15) is 5.69 Å². The number of aromatic nitrogens is 1. The van der Waals surface area contributed by atoms with Crippen LogP contribution in [0, 0.1) is 12.8 Å². The minimum atomic E-state index is -0.187. The van der Waals surface area contributed by atoms with E-state index in [9.17, 15) is 4.79 Å². The van der Waals surface area contributed by atoms with Gasteiger partial charge in [-0.15, -0.1) is 0 Å². The lowest BCUT2D eigenvalue weighted by Gasteiger charge is -2.13. The fourth-order valence-electron chi connectivity index (χ4n) is 2.68. The van der Waals surface area contributed by atoms with Crippen LogP contribution in [0.3, 0.4) is 0 Å². The van der Waals surface area contributed by atoms with Crippen LogP contribution in [-0.4, -0.2) is 17.1 Å². The van der Waals surface area contributed by atoms with Gasteiger partial charge in [-0.2, -0.15) is 0 Å². The summed E-state index contributed by atoms with van der Waals surface area (Å²) in [7, 11) is 0. The van der Waals surface area contributed by atoms with Crippen molar-refractivity contribution in [2.24, 2.45) is 5.92 Å². The van der Waals surface area contributed by atoms with Gasteiger partial charge in [-0.25, -0.2) is 4.79 Å². The molecule has 2 rings (SSSR count). The summed E-state index contributed by atoms with van der Waals surface area (Å²) < 4.78 is 7.19. The summed E-state index contributed by atoms with van der Waals surface area (Å²) in [5.41, 5.74) is 1.75. The highest BCUT2D eigenvalue weighted by molar-refractivity contribution is 5.89. The van der Waals surface area contributed by atoms with Gasteiger partial charge in [-0.05, 0) is 44.2 Å². The average Bonchev–Trinajstić information content (AvgIpc) is 2.90. The highest BCUT2D eigenvalue weighted by Gasteiger charge is 2.20. The van der Waals surface area contributed by atoms with E-state index in [1.165, 1.54) is 25.7 Å². The molecular weight excluding hydrogens is 214 g/mol. The van der Waals surface area contributed by atoms with Gasteiger partial charge in [0.15, 0.2) is 0 Å². The number of aryl methyl sites for hydroxylation is 1. The number of nitrogens with zero attached hydrogens (tertiary/aromatic N) is 1. The quantitative estimate of drug-likeness (QED) is 0.751. The molecule has 0 bridgehead atoms. The number of hydrogen-bond acceptors (Lipinski definition) is 2. The third-order valence-electron chi connectivity index (χ3n) is 3.56. The molecule has 1 heterocycles. The number of esters is 1. The van der Waals surface area contributed by atoms with Crippen molar-refractivity contribution in [1.29, 1.82) is 0 Å².